The van der Waals surface area contributed by atoms with Crippen LogP contribution in [0.4, 0.5) is 11.4 Å². The molecule has 2 aromatic rings. The van der Waals surface area contributed by atoms with Gasteiger partial charge >= 0.3 is 0 Å². The van der Waals surface area contributed by atoms with E-state index in [4.69, 9.17) is 11.6 Å². The second kappa shape index (κ2) is 7.05. The van der Waals surface area contributed by atoms with Crippen LogP contribution in [0.3, 0.4) is 0 Å². The van der Waals surface area contributed by atoms with Crippen molar-refractivity contribution < 1.29 is 9.59 Å². The predicted octanol–water partition coefficient (Wildman–Crippen LogP) is 4.28. The maximum Gasteiger partial charge on any atom is 0.257 e. The molecule has 124 valence electrons. The fraction of sp³-hybridized carbons (Fsp3) is 0.263. The molecule has 0 aromatic heterocycles. The number of aryl methyl sites for hydroxylation is 1. The Labute approximate surface area is 146 Å². The molecule has 0 saturated carbocycles. The number of benzene rings is 2. The van der Waals surface area contributed by atoms with Crippen molar-refractivity contribution in [1.82, 2.24) is 0 Å². The summed E-state index contributed by atoms with van der Waals surface area (Å²) in [7, 11) is 0. The first-order valence-electron chi connectivity index (χ1n) is 8.09. The van der Waals surface area contributed by atoms with Gasteiger partial charge in [-0.2, -0.15) is 0 Å². The topological polar surface area (TPSA) is 49.4 Å². The highest BCUT2D eigenvalue weighted by molar-refractivity contribution is 6.34. The minimum absolute atomic E-state index is 0.129. The second-order valence-corrected chi connectivity index (χ2v) is 6.19. The molecule has 4 nitrogen and oxygen atoms in total. The minimum atomic E-state index is -0.238. The van der Waals surface area contributed by atoms with Gasteiger partial charge in [-0.05, 0) is 48.7 Å². The lowest BCUT2D eigenvalue weighted by molar-refractivity contribution is -0.118. The summed E-state index contributed by atoms with van der Waals surface area (Å²) >= 11 is 6.07. The van der Waals surface area contributed by atoms with E-state index in [1.807, 2.05) is 30.0 Å². The summed E-state index contributed by atoms with van der Waals surface area (Å²) in [6.45, 7) is 2.62. The van der Waals surface area contributed by atoms with E-state index in [2.05, 4.69) is 5.32 Å². The molecule has 0 unspecified atom stereocenters. The van der Waals surface area contributed by atoms with Gasteiger partial charge in [-0.1, -0.05) is 30.7 Å². The Morgan fingerprint density at radius 2 is 2.00 bits per heavy atom. The van der Waals surface area contributed by atoms with E-state index in [1.54, 1.807) is 24.3 Å². The molecule has 1 N–H and O–H groups in total. The number of carbonyl (C=O) groups is 2. The average Bonchev–Trinajstić information content (AvgIpc) is 2.60. The van der Waals surface area contributed by atoms with Crippen molar-refractivity contribution in [3.8, 4) is 0 Å². The molecule has 0 radical (unpaired) electrons. The first-order valence-corrected chi connectivity index (χ1v) is 8.47. The van der Waals surface area contributed by atoms with E-state index in [-0.39, 0.29) is 11.8 Å². The summed E-state index contributed by atoms with van der Waals surface area (Å²) in [5.41, 5.74) is 3.19. The number of fused-ring (bicyclic) bond motifs is 1. The lowest BCUT2D eigenvalue weighted by Crippen LogP contribution is -2.34. The normalized spacial score (nSPS) is 13.3. The molecule has 0 spiro atoms. The van der Waals surface area contributed by atoms with Crippen LogP contribution in [0.5, 0.6) is 0 Å². The lowest BCUT2D eigenvalue weighted by Gasteiger charge is -2.29. The molecule has 0 atom stereocenters. The SMILES string of the molecule is CCC(=O)N1CCCc2cc(NC(=O)c3ccccc3Cl)ccc21. The third kappa shape index (κ3) is 3.29. The molecular formula is C19H19ClN2O2. The van der Waals surface area contributed by atoms with Gasteiger partial charge in [-0.25, -0.2) is 0 Å². The standard InChI is InChI=1S/C19H19ClN2O2/c1-2-18(23)22-11-5-6-13-12-14(9-10-17(13)22)21-19(24)15-7-3-4-8-16(15)20/h3-4,7-10,12H,2,5-6,11H2,1H3,(H,21,24). The van der Waals surface area contributed by atoms with E-state index in [1.165, 1.54) is 0 Å². The molecule has 2 amide bonds. The Hall–Kier alpha value is -2.33. The Bertz CT molecular complexity index is 789. The third-order valence-corrected chi connectivity index (χ3v) is 4.51. The molecule has 0 fully saturated rings. The number of anilines is 2. The third-order valence-electron chi connectivity index (χ3n) is 4.18. The van der Waals surface area contributed by atoms with E-state index in [0.29, 0.717) is 22.7 Å². The molecule has 24 heavy (non-hydrogen) atoms. The van der Waals surface area contributed by atoms with Gasteiger partial charge in [-0.3, -0.25) is 9.59 Å². The van der Waals surface area contributed by atoms with Gasteiger partial charge in [0.25, 0.3) is 5.91 Å². The predicted molar refractivity (Wildman–Crippen MR) is 96.8 cm³/mol. The highest BCUT2D eigenvalue weighted by Gasteiger charge is 2.21. The zero-order valence-electron chi connectivity index (χ0n) is 13.5. The summed E-state index contributed by atoms with van der Waals surface area (Å²) in [6.07, 6.45) is 2.32. The first kappa shape index (κ1) is 16.5. The van der Waals surface area contributed by atoms with Crippen LogP contribution < -0.4 is 10.2 Å². The first-order chi connectivity index (χ1) is 11.6. The van der Waals surface area contributed by atoms with Gasteiger partial charge in [0.05, 0.1) is 10.6 Å². The minimum Gasteiger partial charge on any atom is -0.322 e. The van der Waals surface area contributed by atoms with E-state index >= 15 is 0 Å². The molecule has 3 rings (SSSR count). The molecular weight excluding hydrogens is 324 g/mol. The van der Waals surface area contributed by atoms with Crippen LogP contribution in [0.2, 0.25) is 5.02 Å². The van der Waals surface area contributed by atoms with Crippen molar-refractivity contribution in [2.75, 3.05) is 16.8 Å². The molecule has 1 aliphatic rings. The molecule has 5 heteroatoms. The molecule has 0 bridgehead atoms. The fourth-order valence-electron chi connectivity index (χ4n) is 2.97. The summed E-state index contributed by atoms with van der Waals surface area (Å²) in [5.74, 6) is -0.110. The molecule has 1 heterocycles. The Morgan fingerprint density at radius 1 is 1.21 bits per heavy atom. The number of nitrogens with one attached hydrogen (secondary N) is 1. The van der Waals surface area contributed by atoms with Gasteiger partial charge in [0.2, 0.25) is 5.91 Å². The zero-order valence-corrected chi connectivity index (χ0v) is 14.3. The van der Waals surface area contributed by atoms with Crippen LogP contribution in [0.1, 0.15) is 35.7 Å². The van der Waals surface area contributed by atoms with Crippen molar-refractivity contribution >= 4 is 34.8 Å². The van der Waals surface area contributed by atoms with Crippen molar-refractivity contribution in [3.63, 3.8) is 0 Å². The van der Waals surface area contributed by atoms with Crippen LogP contribution in [-0.2, 0) is 11.2 Å². The number of hydrogen-bond acceptors (Lipinski definition) is 2. The van der Waals surface area contributed by atoms with Crippen LogP contribution in [0, 0.1) is 0 Å². The van der Waals surface area contributed by atoms with E-state index in [9.17, 15) is 9.59 Å². The maximum absolute atomic E-state index is 12.4. The smallest absolute Gasteiger partial charge is 0.257 e. The van der Waals surface area contributed by atoms with Crippen LogP contribution in [0.25, 0.3) is 0 Å². The molecule has 0 aliphatic carbocycles. The van der Waals surface area contributed by atoms with Crippen LogP contribution >= 0.6 is 11.6 Å². The fourth-order valence-corrected chi connectivity index (χ4v) is 3.19. The largest absolute Gasteiger partial charge is 0.322 e. The number of hydrogen-bond donors (Lipinski definition) is 1. The quantitative estimate of drug-likeness (QED) is 0.905. The highest BCUT2D eigenvalue weighted by atomic mass is 35.5. The zero-order chi connectivity index (χ0) is 17.1. The number of halogens is 1. The monoisotopic (exact) mass is 342 g/mol. The van der Waals surface area contributed by atoms with Crippen molar-refractivity contribution in [2.45, 2.75) is 26.2 Å². The van der Waals surface area contributed by atoms with E-state index in [0.717, 1.165) is 30.6 Å². The van der Waals surface area contributed by atoms with Gasteiger partial charge < -0.3 is 10.2 Å². The second-order valence-electron chi connectivity index (χ2n) is 5.78. The average molecular weight is 343 g/mol. The van der Waals surface area contributed by atoms with Crippen LogP contribution in [0.15, 0.2) is 42.5 Å². The van der Waals surface area contributed by atoms with Gasteiger partial charge in [-0.15, -0.1) is 0 Å². The summed E-state index contributed by atoms with van der Waals surface area (Å²) < 4.78 is 0. The van der Waals surface area contributed by atoms with Crippen LogP contribution in [-0.4, -0.2) is 18.4 Å². The number of carbonyl (C=O) groups excluding carboxylic acids is 2. The number of amides is 2. The molecule has 1 aliphatic heterocycles. The van der Waals surface area contributed by atoms with Gasteiger partial charge in [0.1, 0.15) is 0 Å². The van der Waals surface area contributed by atoms with Crippen molar-refractivity contribution in [3.05, 3.63) is 58.6 Å². The van der Waals surface area contributed by atoms with E-state index < -0.39 is 0 Å². The number of nitrogens with zero attached hydrogens (tertiary/aromatic N) is 1. The maximum atomic E-state index is 12.4. The van der Waals surface area contributed by atoms with Gasteiger partial charge in [0.15, 0.2) is 0 Å². The summed E-state index contributed by atoms with van der Waals surface area (Å²) in [6, 6.07) is 12.6. The number of rotatable bonds is 3. The van der Waals surface area contributed by atoms with Crippen molar-refractivity contribution in [1.29, 1.82) is 0 Å². The molecule has 0 saturated heterocycles. The molecule has 2 aromatic carbocycles. The Kier molecular flexibility index (Phi) is 4.86. The summed E-state index contributed by atoms with van der Waals surface area (Å²) in [5, 5.41) is 3.30. The van der Waals surface area contributed by atoms with Crippen molar-refractivity contribution in [2.24, 2.45) is 0 Å². The van der Waals surface area contributed by atoms with Gasteiger partial charge in [0, 0.05) is 24.3 Å². The Morgan fingerprint density at radius 3 is 2.75 bits per heavy atom. The summed E-state index contributed by atoms with van der Waals surface area (Å²) in [4.78, 5) is 26.2. The lowest BCUT2D eigenvalue weighted by atomic mass is 10.0. The Balaban J connectivity index is 1.83. The highest BCUT2D eigenvalue weighted by Crippen LogP contribution is 2.30.